The summed E-state index contributed by atoms with van der Waals surface area (Å²) < 4.78 is 36.8. The van der Waals surface area contributed by atoms with E-state index in [2.05, 4.69) is 21.9 Å². The van der Waals surface area contributed by atoms with E-state index < -0.39 is 23.9 Å². The molecular formula is C14H14F3N3O2S. The summed E-state index contributed by atoms with van der Waals surface area (Å²) in [5.41, 5.74) is 0.225. The number of hydrogen-bond donors (Lipinski definition) is 3. The first-order valence-electron chi connectivity index (χ1n) is 6.35. The van der Waals surface area contributed by atoms with E-state index >= 15 is 0 Å². The summed E-state index contributed by atoms with van der Waals surface area (Å²) in [7, 11) is 0. The first-order chi connectivity index (χ1) is 10.8. The number of halogens is 3. The van der Waals surface area contributed by atoms with E-state index in [0.717, 1.165) is 0 Å². The molecule has 23 heavy (non-hydrogen) atoms. The lowest BCUT2D eigenvalue weighted by Gasteiger charge is -2.12. The van der Waals surface area contributed by atoms with Crippen LogP contribution >= 0.6 is 11.8 Å². The van der Waals surface area contributed by atoms with Crippen molar-refractivity contribution in [3.8, 4) is 12.3 Å². The van der Waals surface area contributed by atoms with E-state index in [1.807, 2.05) is 0 Å². The zero-order valence-corrected chi connectivity index (χ0v) is 12.7. The fourth-order valence-corrected chi connectivity index (χ4v) is 2.16. The van der Waals surface area contributed by atoms with Crippen molar-refractivity contribution in [1.29, 1.82) is 0 Å². The molecule has 0 heterocycles. The standard InChI is InChI=1S/C14H14F3N3O2S/c1-2-7-18-12(21)8-19-13(22)20-10-5-3-4-6-11(10)23-9-14(15,16)17/h1,3-6H,7-9H2,(H,18,21)(H2,19,20,22). The van der Waals surface area contributed by atoms with Crippen molar-refractivity contribution in [1.82, 2.24) is 10.6 Å². The van der Waals surface area contributed by atoms with Crippen molar-refractivity contribution < 1.29 is 22.8 Å². The highest BCUT2D eigenvalue weighted by Crippen LogP contribution is 2.31. The Balaban J connectivity index is 2.54. The predicted molar refractivity (Wildman–Crippen MR) is 82.1 cm³/mol. The molecule has 1 aromatic rings. The SMILES string of the molecule is C#CCNC(=O)CNC(=O)Nc1ccccc1SCC(F)(F)F. The van der Waals surface area contributed by atoms with Crippen LogP contribution in [0.2, 0.25) is 0 Å². The minimum absolute atomic E-state index is 0.0407. The third-order valence-corrected chi connectivity index (χ3v) is 3.46. The van der Waals surface area contributed by atoms with E-state index in [1.165, 1.54) is 12.1 Å². The van der Waals surface area contributed by atoms with E-state index in [-0.39, 0.29) is 23.7 Å². The molecule has 0 aliphatic carbocycles. The van der Waals surface area contributed by atoms with Gasteiger partial charge in [-0.3, -0.25) is 4.79 Å². The molecule has 124 valence electrons. The summed E-state index contributed by atoms with van der Waals surface area (Å²) in [6, 6.07) is 5.37. The van der Waals surface area contributed by atoms with Gasteiger partial charge in [0.2, 0.25) is 5.91 Å². The van der Waals surface area contributed by atoms with Crippen molar-refractivity contribution in [2.24, 2.45) is 0 Å². The zero-order valence-electron chi connectivity index (χ0n) is 11.9. The molecule has 3 N–H and O–H groups in total. The lowest BCUT2D eigenvalue weighted by molar-refractivity contribution is -0.119. The number of carbonyl (C=O) groups excluding carboxylic acids is 2. The van der Waals surface area contributed by atoms with Crippen LogP contribution in [0.25, 0.3) is 0 Å². The lowest BCUT2D eigenvalue weighted by atomic mass is 10.3. The van der Waals surface area contributed by atoms with Crippen LogP contribution in [0.1, 0.15) is 0 Å². The Hall–Kier alpha value is -2.34. The second-order valence-corrected chi connectivity index (χ2v) is 5.21. The van der Waals surface area contributed by atoms with Crippen molar-refractivity contribution in [2.75, 3.05) is 24.2 Å². The number of nitrogens with one attached hydrogen (secondary N) is 3. The van der Waals surface area contributed by atoms with Gasteiger partial charge in [0.15, 0.2) is 0 Å². The number of thioether (sulfide) groups is 1. The monoisotopic (exact) mass is 345 g/mol. The molecule has 1 aromatic carbocycles. The molecule has 0 fully saturated rings. The third kappa shape index (κ3) is 8.01. The minimum atomic E-state index is -4.31. The van der Waals surface area contributed by atoms with Gasteiger partial charge in [-0.2, -0.15) is 13.2 Å². The molecule has 1 rings (SSSR count). The van der Waals surface area contributed by atoms with Crippen LogP contribution in [-0.2, 0) is 4.79 Å². The fraction of sp³-hybridized carbons (Fsp3) is 0.286. The van der Waals surface area contributed by atoms with Crippen molar-refractivity contribution in [3.05, 3.63) is 24.3 Å². The molecule has 0 unspecified atom stereocenters. The highest BCUT2D eigenvalue weighted by atomic mass is 32.2. The molecule has 0 spiro atoms. The van der Waals surface area contributed by atoms with E-state index in [4.69, 9.17) is 6.42 Å². The topological polar surface area (TPSA) is 70.2 Å². The Morgan fingerprint density at radius 2 is 1.91 bits per heavy atom. The summed E-state index contributed by atoms with van der Waals surface area (Å²) in [6.07, 6.45) is 0.653. The van der Waals surface area contributed by atoms with Gasteiger partial charge in [-0.05, 0) is 12.1 Å². The molecule has 0 bridgehead atoms. The number of terminal acetylenes is 1. The van der Waals surface area contributed by atoms with E-state index in [9.17, 15) is 22.8 Å². The fourth-order valence-electron chi connectivity index (χ4n) is 1.39. The average Bonchev–Trinajstić information content (AvgIpc) is 2.49. The van der Waals surface area contributed by atoms with Crippen LogP contribution in [-0.4, -0.2) is 37.0 Å². The number of alkyl halides is 3. The summed E-state index contributed by atoms with van der Waals surface area (Å²) >= 11 is 0.563. The maximum Gasteiger partial charge on any atom is 0.398 e. The summed E-state index contributed by atoms with van der Waals surface area (Å²) in [5, 5.41) is 7.03. The molecule has 9 heteroatoms. The number of urea groups is 1. The third-order valence-electron chi connectivity index (χ3n) is 2.32. The highest BCUT2D eigenvalue weighted by Gasteiger charge is 2.27. The van der Waals surface area contributed by atoms with Crippen LogP contribution in [0.4, 0.5) is 23.7 Å². The number of para-hydroxylation sites is 1. The van der Waals surface area contributed by atoms with Gasteiger partial charge in [0, 0.05) is 4.90 Å². The Labute approximate surface area is 135 Å². The first-order valence-corrected chi connectivity index (χ1v) is 7.34. The minimum Gasteiger partial charge on any atom is -0.344 e. The van der Waals surface area contributed by atoms with E-state index in [0.29, 0.717) is 11.8 Å². The van der Waals surface area contributed by atoms with Gasteiger partial charge in [-0.25, -0.2) is 4.79 Å². The van der Waals surface area contributed by atoms with Crippen molar-refractivity contribution in [2.45, 2.75) is 11.1 Å². The molecule has 5 nitrogen and oxygen atoms in total. The second kappa shape index (κ2) is 8.95. The molecule has 0 saturated carbocycles. The van der Waals surface area contributed by atoms with Gasteiger partial charge in [0.05, 0.1) is 24.5 Å². The maximum absolute atomic E-state index is 12.3. The molecular weight excluding hydrogens is 331 g/mol. The van der Waals surface area contributed by atoms with Crippen LogP contribution in [0.5, 0.6) is 0 Å². The number of amides is 3. The van der Waals surface area contributed by atoms with Gasteiger partial charge >= 0.3 is 12.2 Å². The van der Waals surface area contributed by atoms with Gasteiger partial charge in [-0.15, -0.1) is 18.2 Å². The first kappa shape index (κ1) is 18.7. The molecule has 0 aliphatic heterocycles. The van der Waals surface area contributed by atoms with Gasteiger partial charge < -0.3 is 16.0 Å². The summed E-state index contributed by atoms with van der Waals surface area (Å²) in [5.74, 6) is 0.663. The smallest absolute Gasteiger partial charge is 0.344 e. The van der Waals surface area contributed by atoms with Gasteiger partial charge in [0.25, 0.3) is 0 Å². The van der Waals surface area contributed by atoms with Crippen molar-refractivity contribution >= 4 is 29.4 Å². The summed E-state index contributed by atoms with van der Waals surface area (Å²) in [6.45, 7) is -0.260. The van der Waals surface area contributed by atoms with E-state index in [1.54, 1.807) is 12.1 Å². The molecule has 0 atom stereocenters. The van der Waals surface area contributed by atoms with Gasteiger partial charge in [-0.1, -0.05) is 18.1 Å². The lowest BCUT2D eigenvalue weighted by Crippen LogP contribution is -2.39. The molecule has 0 saturated heterocycles. The normalized spacial score (nSPS) is 10.5. The molecule has 0 radical (unpaired) electrons. The Morgan fingerprint density at radius 3 is 2.57 bits per heavy atom. The Morgan fingerprint density at radius 1 is 1.22 bits per heavy atom. The van der Waals surface area contributed by atoms with Crippen LogP contribution in [0.15, 0.2) is 29.2 Å². The molecule has 0 aromatic heterocycles. The number of hydrogen-bond acceptors (Lipinski definition) is 3. The van der Waals surface area contributed by atoms with Crippen molar-refractivity contribution in [3.63, 3.8) is 0 Å². The summed E-state index contributed by atoms with van der Waals surface area (Å²) in [4.78, 5) is 23.2. The van der Waals surface area contributed by atoms with Crippen LogP contribution in [0, 0.1) is 12.3 Å². The number of anilines is 1. The Kier molecular flexibility index (Phi) is 7.28. The quantitative estimate of drug-likeness (QED) is 0.547. The number of benzene rings is 1. The second-order valence-electron chi connectivity index (χ2n) is 4.19. The van der Waals surface area contributed by atoms with Gasteiger partial charge in [0.1, 0.15) is 0 Å². The average molecular weight is 345 g/mol. The largest absolute Gasteiger partial charge is 0.398 e. The number of rotatable bonds is 6. The van der Waals surface area contributed by atoms with Crippen LogP contribution in [0.3, 0.4) is 0 Å². The highest BCUT2D eigenvalue weighted by molar-refractivity contribution is 7.99. The predicted octanol–water partition coefficient (Wildman–Crippen LogP) is 2.21. The Bertz CT molecular complexity index is 600. The number of carbonyl (C=O) groups is 2. The zero-order chi connectivity index (χ0) is 17.3. The van der Waals surface area contributed by atoms with Crippen LogP contribution < -0.4 is 16.0 Å². The maximum atomic E-state index is 12.3. The molecule has 3 amide bonds. The molecule has 0 aliphatic rings.